The van der Waals surface area contributed by atoms with Crippen LogP contribution in [0, 0.1) is 11.2 Å². The second-order valence-corrected chi connectivity index (χ2v) is 9.79. The minimum Gasteiger partial charge on any atom is -0.391 e. The Morgan fingerprint density at radius 2 is 2.03 bits per heavy atom. The van der Waals surface area contributed by atoms with Crippen LogP contribution >= 0.6 is 0 Å². The van der Waals surface area contributed by atoms with E-state index in [-0.39, 0.29) is 28.5 Å². The lowest BCUT2D eigenvalue weighted by molar-refractivity contribution is 0.0909. The molecule has 2 aliphatic carbocycles. The number of nitrogens with zero attached hydrogens (tertiary/aromatic N) is 2. The quantitative estimate of drug-likeness (QED) is 0.656. The van der Waals surface area contributed by atoms with Crippen LogP contribution < -0.4 is 11.1 Å². The number of benzene rings is 1. The van der Waals surface area contributed by atoms with Gasteiger partial charge in [0.2, 0.25) is 0 Å². The zero-order valence-electron chi connectivity index (χ0n) is 18.9. The van der Waals surface area contributed by atoms with Crippen molar-refractivity contribution in [2.24, 2.45) is 11.1 Å². The van der Waals surface area contributed by atoms with Gasteiger partial charge in [-0.2, -0.15) is 5.10 Å². The SMILES string of the molecule is CCc1nn(-c2cc(F)c(C(N)=O)c(NC3CCCCC3O)c2)c2c1C(=O)CC(C)(C)C2. The van der Waals surface area contributed by atoms with Gasteiger partial charge in [-0.3, -0.25) is 9.59 Å². The Balaban J connectivity index is 1.84. The number of aliphatic hydroxyl groups is 1. The summed E-state index contributed by atoms with van der Waals surface area (Å²) in [4.78, 5) is 24.9. The molecular formula is C24H31FN4O3. The Morgan fingerprint density at radius 3 is 2.69 bits per heavy atom. The molecule has 32 heavy (non-hydrogen) atoms. The Labute approximate surface area is 187 Å². The van der Waals surface area contributed by atoms with Gasteiger partial charge in [0.1, 0.15) is 5.82 Å². The molecule has 0 bridgehead atoms. The molecule has 1 aromatic carbocycles. The molecule has 1 saturated carbocycles. The van der Waals surface area contributed by atoms with Crippen LogP contribution in [-0.4, -0.2) is 38.7 Å². The summed E-state index contributed by atoms with van der Waals surface area (Å²) < 4.78 is 16.8. The molecule has 1 heterocycles. The zero-order chi connectivity index (χ0) is 23.2. The normalized spacial score (nSPS) is 22.5. The number of carbonyl (C=O) groups is 2. The number of aromatic nitrogens is 2. The predicted octanol–water partition coefficient (Wildman–Crippen LogP) is 3.54. The maximum atomic E-state index is 15.1. The van der Waals surface area contributed by atoms with Crippen molar-refractivity contribution < 1.29 is 19.1 Å². The van der Waals surface area contributed by atoms with Crippen LogP contribution in [0.25, 0.3) is 5.69 Å². The largest absolute Gasteiger partial charge is 0.391 e. The number of carbonyl (C=O) groups excluding carboxylic acids is 2. The highest BCUT2D eigenvalue weighted by Crippen LogP contribution is 2.38. The summed E-state index contributed by atoms with van der Waals surface area (Å²) in [6.45, 7) is 6.00. The summed E-state index contributed by atoms with van der Waals surface area (Å²) >= 11 is 0. The van der Waals surface area contributed by atoms with E-state index in [1.54, 1.807) is 10.7 Å². The van der Waals surface area contributed by atoms with Crippen LogP contribution in [0.2, 0.25) is 0 Å². The van der Waals surface area contributed by atoms with E-state index in [0.29, 0.717) is 49.0 Å². The Bertz CT molecular complexity index is 1080. The third-order valence-corrected chi connectivity index (χ3v) is 6.59. The summed E-state index contributed by atoms with van der Waals surface area (Å²) in [5, 5.41) is 18.2. The van der Waals surface area contributed by atoms with Crippen molar-refractivity contribution in [1.82, 2.24) is 9.78 Å². The minimum atomic E-state index is -0.880. The molecule has 172 valence electrons. The van der Waals surface area contributed by atoms with Crippen molar-refractivity contribution in [2.45, 2.75) is 77.9 Å². The molecule has 0 aliphatic heterocycles. The van der Waals surface area contributed by atoms with Gasteiger partial charge in [-0.25, -0.2) is 9.07 Å². The lowest BCUT2D eigenvalue weighted by Crippen LogP contribution is -2.37. The maximum absolute atomic E-state index is 15.1. The molecule has 0 radical (unpaired) electrons. The molecule has 0 saturated heterocycles. The van der Waals surface area contributed by atoms with E-state index in [2.05, 4.69) is 10.4 Å². The monoisotopic (exact) mass is 442 g/mol. The number of hydrogen-bond acceptors (Lipinski definition) is 5. The van der Waals surface area contributed by atoms with Crippen molar-refractivity contribution in [1.29, 1.82) is 0 Å². The van der Waals surface area contributed by atoms with E-state index in [1.165, 1.54) is 6.07 Å². The van der Waals surface area contributed by atoms with Crippen molar-refractivity contribution in [2.75, 3.05) is 5.32 Å². The highest BCUT2D eigenvalue weighted by molar-refractivity contribution is 6.00. The van der Waals surface area contributed by atoms with Crippen LogP contribution in [-0.2, 0) is 12.8 Å². The van der Waals surface area contributed by atoms with E-state index in [9.17, 15) is 14.7 Å². The summed E-state index contributed by atoms with van der Waals surface area (Å²) in [5.74, 6) is -1.58. The molecule has 1 amide bonds. The van der Waals surface area contributed by atoms with E-state index < -0.39 is 17.8 Å². The number of fused-ring (bicyclic) bond motifs is 1. The van der Waals surface area contributed by atoms with Gasteiger partial charge < -0.3 is 16.2 Å². The minimum absolute atomic E-state index is 0.0530. The van der Waals surface area contributed by atoms with Crippen LogP contribution in [0.1, 0.15) is 85.0 Å². The summed E-state index contributed by atoms with van der Waals surface area (Å²) in [7, 11) is 0. The Hall–Kier alpha value is -2.74. The fraction of sp³-hybridized carbons (Fsp3) is 0.542. The number of anilines is 1. The molecule has 8 heteroatoms. The lowest BCUT2D eigenvalue weighted by atomic mass is 9.75. The van der Waals surface area contributed by atoms with E-state index in [0.717, 1.165) is 18.5 Å². The third kappa shape index (κ3) is 4.03. The van der Waals surface area contributed by atoms with Crippen molar-refractivity contribution in [3.8, 4) is 5.69 Å². The first kappa shape index (κ1) is 22.5. The number of nitrogens with one attached hydrogen (secondary N) is 1. The van der Waals surface area contributed by atoms with Crippen LogP contribution in [0.3, 0.4) is 0 Å². The highest BCUT2D eigenvalue weighted by Gasteiger charge is 2.36. The van der Waals surface area contributed by atoms with Gasteiger partial charge in [0, 0.05) is 12.5 Å². The molecule has 2 aromatic rings. The Kier molecular flexibility index (Phi) is 5.83. The maximum Gasteiger partial charge on any atom is 0.253 e. The topological polar surface area (TPSA) is 110 Å². The molecular weight excluding hydrogens is 411 g/mol. The van der Waals surface area contributed by atoms with Gasteiger partial charge in [-0.15, -0.1) is 0 Å². The van der Waals surface area contributed by atoms with Gasteiger partial charge >= 0.3 is 0 Å². The smallest absolute Gasteiger partial charge is 0.253 e. The number of hydrogen-bond donors (Lipinski definition) is 3. The fourth-order valence-corrected chi connectivity index (χ4v) is 5.05. The number of halogens is 1. The molecule has 2 atom stereocenters. The molecule has 0 spiro atoms. The van der Waals surface area contributed by atoms with Crippen LogP contribution in [0.5, 0.6) is 0 Å². The van der Waals surface area contributed by atoms with E-state index in [1.807, 2.05) is 20.8 Å². The number of primary amides is 1. The standard InChI is InChI=1S/C24H31FN4O3/c1-4-15-22-18(11-24(2,3)12-20(22)31)29(28-15)13-9-14(25)21(23(26)32)17(10-13)27-16-7-5-6-8-19(16)30/h9-10,16,19,27,30H,4-8,11-12H2,1-3H3,(H2,26,32). The average molecular weight is 443 g/mol. The van der Waals surface area contributed by atoms with Crippen molar-refractivity contribution in [3.05, 3.63) is 40.5 Å². The average Bonchev–Trinajstić information content (AvgIpc) is 3.06. The van der Waals surface area contributed by atoms with Gasteiger partial charge in [0.15, 0.2) is 5.78 Å². The molecule has 4 rings (SSSR count). The predicted molar refractivity (Wildman–Crippen MR) is 120 cm³/mol. The molecule has 4 N–H and O–H groups in total. The summed E-state index contributed by atoms with van der Waals surface area (Å²) in [6.07, 6.45) is 4.30. The van der Waals surface area contributed by atoms with Crippen LogP contribution in [0.4, 0.5) is 10.1 Å². The second kappa shape index (κ2) is 8.31. The molecule has 2 unspecified atom stereocenters. The molecule has 1 fully saturated rings. The summed E-state index contributed by atoms with van der Waals surface area (Å²) in [5.41, 5.74) is 7.76. The first-order valence-corrected chi connectivity index (χ1v) is 11.3. The van der Waals surface area contributed by atoms with Crippen molar-refractivity contribution in [3.63, 3.8) is 0 Å². The summed E-state index contributed by atoms with van der Waals surface area (Å²) in [6, 6.07) is 2.58. The lowest BCUT2D eigenvalue weighted by Gasteiger charge is -2.30. The fourth-order valence-electron chi connectivity index (χ4n) is 5.05. The highest BCUT2D eigenvalue weighted by atomic mass is 19.1. The van der Waals surface area contributed by atoms with Crippen LogP contribution in [0.15, 0.2) is 12.1 Å². The first-order valence-electron chi connectivity index (χ1n) is 11.3. The molecule has 2 aliphatic rings. The van der Waals surface area contributed by atoms with Crippen molar-refractivity contribution >= 4 is 17.4 Å². The number of amides is 1. The number of aliphatic hydroxyl groups excluding tert-OH is 1. The number of Topliss-reactive ketones (excluding diaryl/α,β-unsaturated/α-hetero) is 1. The first-order chi connectivity index (χ1) is 15.1. The van der Waals surface area contributed by atoms with Gasteiger partial charge in [0.05, 0.1) is 46.0 Å². The zero-order valence-corrected chi connectivity index (χ0v) is 18.9. The Morgan fingerprint density at radius 1 is 1.31 bits per heavy atom. The van der Waals surface area contributed by atoms with Gasteiger partial charge in [0.25, 0.3) is 5.91 Å². The van der Waals surface area contributed by atoms with Gasteiger partial charge in [-0.1, -0.05) is 33.6 Å². The second-order valence-electron chi connectivity index (χ2n) is 9.79. The van der Waals surface area contributed by atoms with E-state index >= 15 is 4.39 Å². The number of nitrogens with two attached hydrogens (primary N) is 1. The van der Waals surface area contributed by atoms with E-state index in [4.69, 9.17) is 5.73 Å². The molecule has 1 aromatic heterocycles. The molecule has 7 nitrogen and oxygen atoms in total. The number of aryl methyl sites for hydroxylation is 1. The third-order valence-electron chi connectivity index (χ3n) is 6.59. The number of rotatable bonds is 5. The van der Waals surface area contributed by atoms with Gasteiger partial charge in [-0.05, 0) is 37.2 Å². The number of ketones is 1.